The summed E-state index contributed by atoms with van der Waals surface area (Å²) < 4.78 is 4.96. The first-order valence-corrected chi connectivity index (χ1v) is 18.6. The van der Waals surface area contributed by atoms with Crippen molar-refractivity contribution >= 4 is 44.4 Å². The molecular weight excluding hydrogens is 629 g/mol. The van der Waals surface area contributed by atoms with Crippen LogP contribution >= 0.6 is 0 Å². The molecule has 2 aromatic heterocycles. The average Bonchev–Trinajstić information content (AvgIpc) is 3.72. The van der Waals surface area contributed by atoms with Crippen LogP contribution in [-0.2, 0) is 0 Å². The van der Waals surface area contributed by atoms with Crippen molar-refractivity contribution in [3.8, 4) is 33.6 Å². The van der Waals surface area contributed by atoms with Crippen molar-refractivity contribution in [2.24, 2.45) is 5.92 Å². The Bertz CT molecular complexity index is 2770. The van der Waals surface area contributed by atoms with Crippen LogP contribution in [0, 0.1) is 5.92 Å². The maximum atomic E-state index is 2.51. The second kappa shape index (κ2) is 12.3. The molecule has 0 saturated heterocycles. The number of allylic oxidation sites excluding steroid dienone is 5. The molecule has 2 atom stereocenters. The van der Waals surface area contributed by atoms with Gasteiger partial charge in [0.05, 0.1) is 16.6 Å². The van der Waals surface area contributed by atoms with Crippen LogP contribution in [0.25, 0.3) is 78.0 Å². The standard InChI is InChI=1S/C50H40N2/c1-33-13-6-7-21-42(33)39-18-12-19-40(30-39)51-47-24-9-8-22-43(47)45-31-37(25-27-48(45)51)38-26-28-49-46(32-38)44-23-10-14-34(2)50(44)52(49)41-20-11-17-36(29-41)35-15-4-3-5-16-35/h3-12,15-34H,13-14H2,1-2H3. The van der Waals surface area contributed by atoms with E-state index in [1.165, 1.54) is 88.7 Å². The number of benzene rings is 6. The first-order valence-electron chi connectivity index (χ1n) is 18.6. The predicted molar refractivity (Wildman–Crippen MR) is 221 cm³/mol. The lowest BCUT2D eigenvalue weighted by molar-refractivity contribution is 0.723. The monoisotopic (exact) mass is 668 g/mol. The van der Waals surface area contributed by atoms with Gasteiger partial charge in [-0.2, -0.15) is 0 Å². The van der Waals surface area contributed by atoms with E-state index in [0.717, 1.165) is 12.8 Å². The van der Waals surface area contributed by atoms with Crippen molar-refractivity contribution in [1.82, 2.24) is 9.13 Å². The van der Waals surface area contributed by atoms with Crippen LogP contribution in [0.3, 0.4) is 0 Å². The van der Waals surface area contributed by atoms with Gasteiger partial charge in [0.2, 0.25) is 0 Å². The van der Waals surface area contributed by atoms with Crippen LogP contribution in [0.5, 0.6) is 0 Å². The van der Waals surface area contributed by atoms with Crippen LogP contribution in [0.4, 0.5) is 0 Å². The molecule has 8 aromatic rings. The summed E-state index contributed by atoms with van der Waals surface area (Å²) in [5.74, 6) is 0.935. The summed E-state index contributed by atoms with van der Waals surface area (Å²) in [5.41, 5.74) is 16.5. The zero-order valence-electron chi connectivity index (χ0n) is 29.6. The molecule has 2 unspecified atom stereocenters. The van der Waals surface area contributed by atoms with Gasteiger partial charge in [-0.05, 0) is 107 Å². The van der Waals surface area contributed by atoms with Crippen molar-refractivity contribution in [2.75, 3.05) is 0 Å². The number of para-hydroxylation sites is 1. The van der Waals surface area contributed by atoms with E-state index in [-0.39, 0.29) is 0 Å². The van der Waals surface area contributed by atoms with Crippen molar-refractivity contribution in [2.45, 2.75) is 32.6 Å². The lowest BCUT2D eigenvalue weighted by Crippen LogP contribution is -2.07. The quantitative estimate of drug-likeness (QED) is 0.173. The molecule has 0 radical (unpaired) electrons. The Hall–Kier alpha value is -6.12. The van der Waals surface area contributed by atoms with Gasteiger partial charge in [-0.25, -0.2) is 0 Å². The van der Waals surface area contributed by atoms with E-state index in [1.807, 2.05) is 0 Å². The van der Waals surface area contributed by atoms with Crippen LogP contribution in [0.15, 0.2) is 164 Å². The molecule has 2 nitrogen and oxygen atoms in total. The SMILES string of the molecule is CC1CC=CC=C1c1cccc(-n2c3ccccc3c3cc(-c4ccc5c(c4)c4c(n5-c5cccc(-c6ccccc6)c5)C(C)CC=C4)ccc32)c1. The van der Waals surface area contributed by atoms with E-state index >= 15 is 0 Å². The number of hydrogen-bond donors (Lipinski definition) is 0. The fourth-order valence-corrected chi connectivity index (χ4v) is 8.79. The molecule has 0 spiro atoms. The van der Waals surface area contributed by atoms with E-state index < -0.39 is 0 Å². The van der Waals surface area contributed by atoms with Gasteiger partial charge >= 0.3 is 0 Å². The first kappa shape index (κ1) is 30.7. The molecule has 2 heterocycles. The van der Waals surface area contributed by atoms with E-state index in [0.29, 0.717) is 11.8 Å². The smallest absolute Gasteiger partial charge is 0.0541 e. The molecule has 6 aromatic carbocycles. The Morgan fingerprint density at radius 3 is 1.88 bits per heavy atom. The highest BCUT2D eigenvalue weighted by Gasteiger charge is 2.24. The predicted octanol–water partition coefficient (Wildman–Crippen LogP) is 13.6. The second-order valence-corrected chi connectivity index (χ2v) is 14.6. The summed E-state index contributed by atoms with van der Waals surface area (Å²) in [6.45, 7) is 4.69. The molecule has 2 heteroatoms. The average molecular weight is 669 g/mol. The third-order valence-corrected chi connectivity index (χ3v) is 11.4. The maximum absolute atomic E-state index is 2.51. The zero-order valence-corrected chi connectivity index (χ0v) is 29.6. The summed E-state index contributed by atoms with van der Waals surface area (Å²) in [5, 5.41) is 3.86. The number of aromatic nitrogens is 2. The molecular formula is C50H40N2. The Morgan fingerprint density at radius 1 is 0.462 bits per heavy atom. The summed E-state index contributed by atoms with van der Waals surface area (Å²) in [6.07, 6.45) is 13.6. The van der Waals surface area contributed by atoms with Crippen LogP contribution < -0.4 is 0 Å². The Morgan fingerprint density at radius 2 is 1.08 bits per heavy atom. The Labute approximate surface area is 305 Å². The van der Waals surface area contributed by atoms with Gasteiger partial charge < -0.3 is 9.13 Å². The van der Waals surface area contributed by atoms with Gasteiger partial charge in [0.15, 0.2) is 0 Å². The van der Waals surface area contributed by atoms with E-state index in [9.17, 15) is 0 Å². The van der Waals surface area contributed by atoms with Gasteiger partial charge in [0, 0.05) is 44.7 Å². The summed E-state index contributed by atoms with van der Waals surface area (Å²) >= 11 is 0. The molecule has 0 fully saturated rings. The molecule has 0 N–H and O–H groups in total. The minimum absolute atomic E-state index is 0.422. The minimum atomic E-state index is 0.422. The molecule has 2 aliphatic rings. The highest BCUT2D eigenvalue weighted by molar-refractivity contribution is 6.11. The Kier molecular flexibility index (Phi) is 7.25. The molecule has 250 valence electrons. The van der Waals surface area contributed by atoms with E-state index in [1.54, 1.807) is 0 Å². The fourth-order valence-electron chi connectivity index (χ4n) is 8.79. The normalized spacial score (nSPS) is 16.8. The first-order chi connectivity index (χ1) is 25.6. The van der Waals surface area contributed by atoms with E-state index in [2.05, 4.69) is 193 Å². The Balaban J connectivity index is 1.11. The number of hydrogen-bond acceptors (Lipinski definition) is 0. The molecule has 0 bridgehead atoms. The van der Waals surface area contributed by atoms with Gasteiger partial charge in [0.1, 0.15) is 0 Å². The van der Waals surface area contributed by atoms with Crippen molar-refractivity contribution in [3.63, 3.8) is 0 Å². The van der Waals surface area contributed by atoms with Gasteiger partial charge in [-0.15, -0.1) is 0 Å². The van der Waals surface area contributed by atoms with Crippen molar-refractivity contribution in [3.05, 3.63) is 181 Å². The van der Waals surface area contributed by atoms with Crippen molar-refractivity contribution in [1.29, 1.82) is 0 Å². The third kappa shape index (κ3) is 4.93. The fraction of sp³-hybridized carbons (Fsp3) is 0.120. The molecule has 10 rings (SSSR count). The molecule has 0 amide bonds. The largest absolute Gasteiger partial charge is 0.313 e. The number of nitrogens with zero attached hydrogens (tertiary/aromatic N) is 2. The van der Waals surface area contributed by atoms with Crippen LogP contribution in [0.1, 0.15) is 49.4 Å². The molecule has 0 saturated carbocycles. The van der Waals surface area contributed by atoms with Gasteiger partial charge in [-0.1, -0.05) is 129 Å². The molecule has 52 heavy (non-hydrogen) atoms. The van der Waals surface area contributed by atoms with Crippen molar-refractivity contribution < 1.29 is 0 Å². The van der Waals surface area contributed by atoms with Gasteiger partial charge in [0.25, 0.3) is 0 Å². The summed E-state index contributed by atoms with van der Waals surface area (Å²) in [7, 11) is 0. The lowest BCUT2D eigenvalue weighted by Gasteiger charge is -2.20. The summed E-state index contributed by atoms with van der Waals surface area (Å²) in [4.78, 5) is 0. The molecule has 2 aliphatic carbocycles. The second-order valence-electron chi connectivity index (χ2n) is 14.6. The number of rotatable bonds is 5. The lowest BCUT2D eigenvalue weighted by atomic mass is 9.88. The minimum Gasteiger partial charge on any atom is -0.313 e. The highest BCUT2D eigenvalue weighted by Crippen LogP contribution is 2.42. The van der Waals surface area contributed by atoms with Crippen LogP contribution in [-0.4, -0.2) is 9.13 Å². The summed E-state index contributed by atoms with van der Waals surface area (Å²) in [6, 6.07) is 51.8. The highest BCUT2D eigenvalue weighted by atomic mass is 15.0. The third-order valence-electron chi connectivity index (χ3n) is 11.4. The van der Waals surface area contributed by atoms with Crippen LogP contribution in [0.2, 0.25) is 0 Å². The maximum Gasteiger partial charge on any atom is 0.0541 e. The van der Waals surface area contributed by atoms with Gasteiger partial charge in [-0.3, -0.25) is 0 Å². The zero-order chi connectivity index (χ0) is 34.8. The topological polar surface area (TPSA) is 9.86 Å². The van der Waals surface area contributed by atoms with E-state index in [4.69, 9.17) is 0 Å². The number of fused-ring (bicyclic) bond motifs is 6. The molecule has 0 aliphatic heterocycles.